The summed E-state index contributed by atoms with van der Waals surface area (Å²) in [7, 11) is 0. The number of Topliss-reactive ketones (excluding diaryl/α,β-unsaturated/α-hetero) is 1. The lowest BCUT2D eigenvalue weighted by atomic mass is 9.49. The molecule has 4 nitrogen and oxygen atoms in total. The van der Waals surface area contributed by atoms with Crippen LogP contribution in [0.5, 0.6) is 5.75 Å². The molecule has 1 aromatic rings. The van der Waals surface area contributed by atoms with Gasteiger partial charge >= 0.3 is 0 Å². The highest BCUT2D eigenvalue weighted by Gasteiger charge is 2.72. The Hall–Kier alpha value is -1.36. The van der Waals surface area contributed by atoms with Crippen molar-refractivity contribution in [2.24, 2.45) is 5.92 Å². The Kier molecular flexibility index (Phi) is 3.67. The molecule has 3 fully saturated rings. The quantitative estimate of drug-likeness (QED) is 0.866. The average Bonchev–Trinajstić information content (AvgIpc) is 3.37. The number of ketones is 1. The van der Waals surface area contributed by atoms with E-state index in [-0.39, 0.29) is 24.2 Å². The lowest BCUT2D eigenvalue weighted by molar-refractivity contribution is -0.188. The van der Waals surface area contributed by atoms with Gasteiger partial charge < -0.3 is 9.84 Å². The molecule has 5 aliphatic rings. The number of carbonyl (C=O) groups excluding carboxylic acids is 1. The Bertz CT molecular complexity index is 850. The molecule has 2 saturated carbocycles. The minimum Gasteiger partial charge on any atom is -0.481 e. The van der Waals surface area contributed by atoms with E-state index in [9.17, 15) is 9.90 Å². The van der Waals surface area contributed by atoms with Crippen LogP contribution in [0.2, 0.25) is 0 Å². The average molecular weight is 388 g/mol. The van der Waals surface area contributed by atoms with E-state index >= 15 is 0 Å². The van der Waals surface area contributed by atoms with E-state index in [1.54, 1.807) is 6.08 Å². The van der Waals surface area contributed by atoms with Gasteiger partial charge in [0.1, 0.15) is 5.75 Å². The van der Waals surface area contributed by atoms with Crippen LogP contribution in [0.4, 0.5) is 0 Å². The van der Waals surface area contributed by atoms with Crippen molar-refractivity contribution in [1.29, 1.82) is 0 Å². The number of rotatable bonds is 3. The molecule has 3 aliphatic carbocycles. The first-order valence-electron chi connectivity index (χ1n) is 10.0. The fourth-order valence-electron chi connectivity index (χ4n) is 6.46. The molecule has 27 heavy (non-hydrogen) atoms. The number of piperidine rings is 1. The summed E-state index contributed by atoms with van der Waals surface area (Å²) in [5.74, 6) is 1.77. The monoisotopic (exact) mass is 387 g/mol. The first-order valence-corrected chi connectivity index (χ1v) is 10.0. The highest BCUT2D eigenvalue weighted by molar-refractivity contribution is 5.90. The zero-order valence-corrected chi connectivity index (χ0v) is 16.3. The minimum atomic E-state index is -0.864. The summed E-state index contributed by atoms with van der Waals surface area (Å²) in [4.78, 5) is 15.4. The third-order valence-corrected chi connectivity index (χ3v) is 7.83. The first-order chi connectivity index (χ1) is 12.6. The number of likely N-dealkylation sites (tertiary alicyclic amines) is 1. The molecule has 0 unspecified atom stereocenters. The van der Waals surface area contributed by atoms with Crippen molar-refractivity contribution in [3.05, 3.63) is 35.4 Å². The molecular formula is C22H26ClNO3. The SMILES string of the molecule is C=Cc1ccc2c3c1O[C@H]1C(=O)CC[C@@]4(O)[C@@H](C2)N(CC2CC2)CC[C@]314.Cl. The Morgan fingerprint density at radius 1 is 1.33 bits per heavy atom. The molecule has 0 amide bonds. The number of benzene rings is 1. The summed E-state index contributed by atoms with van der Waals surface area (Å²) >= 11 is 0. The van der Waals surface area contributed by atoms with Crippen LogP contribution in [0.3, 0.4) is 0 Å². The Morgan fingerprint density at radius 2 is 2.15 bits per heavy atom. The molecular weight excluding hydrogens is 362 g/mol. The molecule has 144 valence electrons. The number of aliphatic hydroxyl groups is 1. The Labute approximate surface area is 166 Å². The van der Waals surface area contributed by atoms with Gasteiger partial charge in [0.05, 0.1) is 11.0 Å². The van der Waals surface area contributed by atoms with Crippen molar-refractivity contribution in [2.45, 2.75) is 61.7 Å². The second-order valence-electron chi connectivity index (χ2n) is 8.99. The fourth-order valence-corrected chi connectivity index (χ4v) is 6.46. The van der Waals surface area contributed by atoms with E-state index in [0.29, 0.717) is 12.8 Å². The number of halogens is 1. The van der Waals surface area contributed by atoms with Crippen LogP contribution < -0.4 is 4.74 Å². The number of ether oxygens (including phenoxy) is 1. The van der Waals surface area contributed by atoms with Crippen molar-refractivity contribution in [2.75, 3.05) is 13.1 Å². The molecule has 2 aliphatic heterocycles. The predicted octanol–water partition coefficient (Wildman–Crippen LogP) is 2.88. The molecule has 5 heteroatoms. The van der Waals surface area contributed by atoms with Crippen molar-refractivity contribution in [3.63, 3.8) is 0 Å². The smallest absolute Gasteiger partial charge is 0.174 e. The van der Waals surface area contributed by atoms with Crippen LogP contribution >= 0.6 is 12.4 Å². The topological polar surface area (TPSA) is 49.8 Å². The zero-order chi connectivity index (χ0) is 17.7. The largest absolute Gasteiger partial charge is 0.481 e. The van der Waals surface area contributed by atoms with E-state index in [0.717, 1.165) is 48.7 Å². The molecule has 2 heterocycles. The molecule has 0 radical (unpaired) electrons. The summed E-state index contributed by atoms with van der Waals surface area (Å²) in [5.41, 5.74) is 1.91. The molecule has 0 aromatic heterocycles. The maximum Gasteiger partial charge on any atom is 0.174 e. The fraction of sp³-hybridized carbons (Fsp3) is 0.591. The maximum absolute atomic E-state index is 12.9. The Balaban J connectivity index is 0.00000160. The molecule has 6 rings (SSSR count). The van der Waals surface area contributed by atoms with Gasteiger partial charge in [-0.05, 0) is 50.1 Å². The highest BCUT2D eigenvalue weighted by Crippen LogP contribution is 2.64. The summed E-state index contributed by atoms with van der Waals surface area (Å²) in [6, 6.07) is 4.34. The van der Waals surface area contributed by atoms with Crippen LogP contribution in [0.25, 0.3) is 6.08 Å². The number of carbonyl (C=O) groups is 1. The van der Waals surface area contributed by atoms with Crippen molar-refractivity contribution in [1.82, 2.24) is 4.90 Å². The third-order valence-electron chi connectivity index (χ3n) is 7.83. The standard InChI is InChI=1S/C22H25NO3.ClH/c1-2-14-5-6-15-11-17-22(25)8-7-16(24)20-21(22,18(15)19(14)26-20)9-10-23(17)12-13-3-4-13;/h2,5-6,13,17,20,25H,1,3-4,7-12H2;1H/t17-,20+,21+,22-;/m1./s1. The molecule has 1 saturated heterocycles. The molecule has 1 N–H and O–H groups in total. The van der Waals surface area contributed by atoms with Gasteiger partial charge in [-0.1, -0.05) is 24.8 Å². The summed E-state index contributed by atoms with van der Waals surface area (Å²) < 4.78 is 6.31. The second kappa shape index (κ2) is 5.59. The summed E-state index contributed by atoms with van der Waals surface area (Å²) in [6.07, 6.45) is 6.57. The minimum absolute atomic E-state index is 0. The van der Waals surface area contributed by atoms with Crippen LogP contribution in [0.1, 0.15) is 48.8 Å². The van der Waals surface area contributed by atoms with Crippen molar-refractivity contribution < 1.29 is 14.6 Å². The highest BCUT2D eigenvalue weighted by atomic mass is 35.5. The predicted molar refractivity (Wildman–Crippen MR) is 105 cm³/mol. The van der Waals surface area contributed by atoms with Gasteiger partial charge in [-0.2, -0.15) is 0 Å². The Morgan fingerprint density at radius 3 is 2.89 bits per heavy atom. The van der Waals surface area contributed by atoms with Gasteiger partial charge in [-0.15, -0.1) is 12.4 Å². The van der Waals surface area contributed by atoms with Crippen LogP contribution in [0.15, 0.2) is 18.7 Å². The van der Waals surface area contributed by atoms with Crippen LogP contribution in [-0.2, 0) is 16.6 Å². The van der Waals surface area contributed by atoms with Crippen molar-refractivity contribution in [3.8, 4) is 5.75 Å². The van der Waals surface area contributed by atoms with Gasteiger partial charge in [-0.25, -0.2) is 0 Å². The molecule has 2 bridgehead atoms. The molecule has 1 aromatic carbocycles. The van der Waals surface area contributed by atoms with E-state index in [2.05, 4.69) is 23.6 Å². The number of nitrogens with zero attached hydrogens (tertiary/aromatic N) is 1. The molecule has 1 spiro atoms. The van der Waals surface area contributed by atoms with Gasteiger partial charge in [0.15, 0.2) is 11.9 Å². The molecule has 4 atom stereocenters. The van der Waals surface area contributed by atoms with Gasteiger partial charge in [-0.3, -0.25) is 9.69 Å². The van der Waals surface area contributed by atoms with Crippen molar-refractivity contribution >= 4 is 24.3 Å². The third kappa shape index (κ3) is 1.99. The van der Waals surface area contributed by atoms with E-state index in [4.69, 9.17) is 4.74 Å². The van der Waals surface area contributed by atoms with E-state index in [1.807, 2.05) is 0 Å². The first kappa shape index (κ1) is 17.7. The number of hydrogen-bond donors (Lipinski definition) is 1. The summed E-state index contributed by atoms with van der Waals surface area (Å²) in [6.45, 7) is 5.97. The zero-order valence-electron chi connectivity index (χ0n) is 15.4. The van der Waals surface area contributed by atoms with Gasteiger partial charge in [0, 0.05) is 30.1 Å². The number of hydrogen-bond acceptors (Lipinski definition) is 4. The normalized spacial score (nSPS) is 38.6. The summed E-state index contributed by atoms with van der Waals surface area (Å²) in [5, 5.41) is 12.1. The van der Waals surface area contributed by atoms with Gasteiger partial charge in [0.2, 0.25) is 0 Å². The van der Waals surface area contributed by atoms with Crippen LogP contribution in [0, 0.1) is 5.92 Å². The van der Waals surface area contributed by atoms with E-state index in [1.165, 1.54) is 18.4 Å². The lowest BCUT2D eigenvalue weighted by Crippen LogP contribution is -2.76. The van der Waals surface area contributed by atoms with Crippen LogP contribution in [-0.4, -0.2) is 46.6 Å². The second-order valence-corrected chi connectivity index (χ2v) is 8.99. The van der Waals surface area contributed by atoms with E-state index < -0.39 is 17.1 Å². The lowest BCUT2D eigenvalue weighted by Gasteiger charge is -2.62. The maximum atomic E-state index is 12.9. The van der Waals surface area contributed by atoms with Gasteiger partial charge in [0.25, 0.3) is 0 Å².